The molecule has 14 nitrogen and oxygen atoms in total. The van der Waals surface area contributed by atoms with Crippen LogP contribution in [0.15, 0.2) is 147 Å². The van der Waals surface area contributed by atoms with Crippen molar-refractivity contribution in [2.45, 2.75) is 0 Å². The molecular weight excluding hydrogens is 671 g/mol. The summed E-state index contributed by atoms with van der Waals surface area (Å²) < 4.78 is 0. The average molecular weight is 700 g/mol. The van der Waals surface area contributed by atoms with E-state index in [-0.39, 0.29) is 56.5 Å². The average Bonchev–Trinajstić information content (AvgIpc) is 3.79. The Morgan fingerprint density at radius 2 is 0.659 bits per heavy atom. The summed E-state index contributed by atoms with van der Waals surface area (Å²) in [6.07, 6.45) is 16.6. The van der Waals surface area contributed by atoms with Crippen LogP contribution in [0.1, 0.15) is 21.0 Å². The van der Waals surface area contributed by atoms with Gasteiger partial charge in [-0.05, 0) is 48.5 Å². The molecule has 238 valence electrons. The molecule has 0 aliphatic carbocycles. The van der Waals surface area contributed by atoms with E-state index in [2.05, 4.69) is 40.3 Å². The number of aromatic carboxylic acids is 2. The van der Waals surface area contributed by atoms with Crippen molar-refractivity contribution < 1.29 is 64.9 Å². The Hall–Kier alpha value is -5.08. The molecule has 6 aromatic rings. The van der Waals surface area contributed by atoms with Crippen molar-refractivity contribution >= 4 is 11.9 Å². The number of pyridine rings is 4. The molecule has 2 radical (unpaired) electrons. The van der Waals surface area contributed by atoms with Crippen LogP contribution in [0, 0.1) is 0 Å². The maximum atomic E-state index is 9.85. The first-order valence-electron chi connectivity index (χ1n) is 11.3. The van der Waals surface area contributed by atoms with Crippen molar-refractivity contribution in [1.82, 2.24) is 40.3 Å². The number of carboxylic acid groups (broad SMARTS) is 2. The standard InChI is InChI=1S/4C5H5N.2C4H4N2O2.2Cu.2H2O/c4*1-2-4-6-5-3-1;2*7-4(8)3-1-2-5-6-3;;;;/h4*1-5H;2*1-2H,(H2,5,6,7,8);;;2*1H2/q;;;;;;2*+2;;/p-4. The van der Waals surface area contributed by atoms with Gasteiger partial charge in [0.1, 0.15) is 0 Å². The molecule has 0 fully saturated rings. The summed E-state index contributed by atoms with van der Waals surface area (Å²) in [7, 11) is 0. The Balaban J connectivity index is -0.000000215. The van der Waals surface area contributed by atoms with E-state index in [1.54, 1.807) is 49.6 Å². The summed E-state index contributed by atoms with van der Waals surface area (Å²) in [4.78, 5) is 34.8. The maximum absolute atomic E-state index is 9.85. The van der Waals surface area contributed by atoms with E-state index in [1.165, 1.54) is 24.5 Å². The predicted molar refractivity (Wildman–Crippen MR) is 148 cm³/mol. The molecule has 0 saturated heterocycles. The first-order valence-corrected chi connectivity index (χ1v) is 11.3. The number of aromatic nitrogens is 8. The summed E-state index contributed by atoms with van der Waals surface area (Å²) >= 11 is 0. The maximum Gasteiger partial charge on any atom is 2.00 e. The van der Waals surface area contributed by atoms with Gasteiger partial charge in [0, 0.05) is 62.0 Å². The fourth-order valence-electron chi connectivity index (χ4n) is 1.93. The number of nitrogens with zero attached hydrogens (tertiary/aromatic N) is 8. The second-order valence-electron chi connectivity index (χ2n) is 6.51. The molecule has 0 atom stereocenters. The van der Waals surface area contributed by atoms with Crippen molar-refractivity contribution in [2.24, 2.45) is 0 Å². The number of carbonyl (C=O) groups is 2. The van der Waals surface area contributed by atoms with Crippen LogP contribution in [0.3, 0.4) is 0 Å². The Morgan fingerprint density at radius 3 is 0.727 bits per heavy atom. The molecule has 0 unspecified atom stereocenters. The largest absolute Gasteiger partial charge is 2.00 e. The zero-order valence-corrected chi connectivity index (χ0v) is 24.6. The number of rotatable bonds is 2. The van der Waals surface area contributed by atoms with E-state index >= 15 is 0 Å². The minimum Gasteiger partial charge on any atom is -0.574 e. The molecule has 16 heteroatoms. The van der Waals surface area contributed by atoms with Crippen molar-refractivity contribution in [3.05, 3.63) is 158 Å². The summed E-state index contributed by atoms with van der Waals surface area (Å²) in [6, 6.07) is 25.4. The van der Waals surface area contributed by atoms with Gasteiger partial charge in [0.25, 0.3) is 0 Å². The van der Waals surface area contributed by atoms with E-state index in [4.69, 9.17) is 0 Å². The van der Waals surface area contributed by atoms with Gasteiger partial charge < -0.3 is 51.1 Å². The van der Waals surface area contributed by atoms with Gasteiger partial charge in [0.15, 0.2) is 0 Å². The Labute approximate surface area is 274 Å². The molecule has 0 aliphatic rings. The van der Waals surface area contributed by atoms with Crippen LogP contribution in [0.5, 0.6) is 0 Å². The fraction of sp³-hybridized carbons (Fsp3) is 0. The van der Waals surface area contributed by atoms with Crippen molar-refractivity contribution in [2.75, 3.05) is 0 Å². The van der Waals surface area contributed by atoms with E-state index in [9.17, 15) is 19.8 Å². The zero-order valence-electron chi connectivity index (χ0n) is 22.7. The second kappa shape index (κ2) is 34.1. The van der Waals surface area contributed by atoms with Gasteiger partial charge >= 0.3 is 34.1 Å². The van der Waals surface area contributed by atoms with Gasteiger partial charge in [-0.15, -0.1) is 0 Å². The van der Waals surface area contributed by atoms with Crippen LogP contribution in [0.4, 0.5) is 0 Å². The van der Waals surface area contributed by atoms with Crippen LogP contribution in [0.25, 0.3) is 0 Å². The Morgan fingerprint density at radius 1 is 0.432 bits per heavy atom. The summed E-state index contributed by atoms with van der Waals surface area (Å²) in [5, 5.41) is 32.6. The molecule has 44 heavy (non-hydrogen) atoms. The summed E-state index contributed by atoms with van der Waals surface area (Å²) in [5.41, 5.74) is -0.241. The zero-order chi connectivity index (χ0) is 28.9. The van der Waals surface area contributed by atoms with Gasteiger partial charge in [-0.2, -0.15) is 0 Å². The number of carbonyl (C=O) groups excluding carboxylic acids is 2. The smallest absolute Gasteiger partial charge is 0.574 e. The third kappa shape index (κ3) is 28.4. The van der Waals surface area contributed by atoms with Crippen LogP contribution in [-0.4, -0.2) is 53.0 Å². The van der Waals surface area contributed by atoms with Crippen molar-refractivity contribution in [3.8, 4) is 0 Å². The van der Waals surface area contributed by atoms with Crippen LogP contribution in [0.2, 0.25) is 0 Å². The number of hydrogen-bond donors (Lipinski definition) is 0. The number of hydrogen-bond acceptors (Lipinski definition) is 10. The monoisotopic (exact) mass is 698 g/mol. The van der Waals surface area contributed by atoms with Gasteiger partial charge in [-0.3, -0.25) is 19.9 Å². The summed E-state index contributed by atoms with van der Waals surface area (Å²) in [5.74, 6) is -2.58. The fourth-order valence-corrected chi connectivity index (χ4v) is 1.93. The van der Waals surface area contributed by atoms with E-state index in [0.717, 1.165) is 0 Å². The van der Waals surface area contributed by atoms with Gasteiger partial charge in [-0.25, -0.2) is 0 Å². The quantitative estimate of drug-likeness (QED) is 0.207. The van der Waals surface area contributed by atoms with Gasteiger partial charge in [0.2, 0.25) is 0 Å². The molecule has 0 spiro atoms. The molecule has 0 aromatic carbocycles. The molecule has 0 amide bonds. The molecule has 6 rings (SSSR count). The molecule has 4 N–H and O–H groups in total. The molecular formula is C28H28Cu2N8O6. The van der Waals surface area contributed by atoms with Crippen LogP contribution < -0.4 is 20.4 Å². The molecule has 6 aromatic heterocycles. The first kappa shape index (κ1) is 45.9. The normalized spacial score (nSPS) is 7.64. The molecule has 0 aliphatic heterocycles. The Kier molecular flexibility index (Phi) is 35.6. The number of carboxylic acids is 2. The minimum atomic E-state index is -1.29. The molecule has 0 saturated carbocycles. The van der Waals surface area contributed by atoms with E-state index in [0.29, 0.717) is 0 Å². The molecule has 0 bridgehead atoms. The topological polar surface area (TPSA) is 249 Å². The second-order valence-corrected chi connectivity index (χ2v) is 6.51. The van der Waals surface area contributed by atoms with E-state index in [1.807, 2.05) is 72.8 Å². The van der Waals surface area contributed by atoms with Crippen LogP contribution >= 0.6 is 0 Å². The third-order valence-corrected chi connectivity index (χ3v) is 3.61. The Bertz CT molecular complexity index is 1070. The van der Waals surface area contributed by atoms with Gasteiger partial charge in [-0.1, -0.05) is 47.8 Å². The SMILES string of the molecule is O.O.O=C([O-])c1ccn[n-]1.O=C([O-])c1ccn[n-]1.[Cu+2].[Cu+2].c1ccncc1.c1ccncc1.c1ccncc1.c1ccncc1. The molecule has 6 heterocycles. The predicted octanol–water partition coefficient (Wildman–Crippen LogP) is -0.523. The van der Waals surface area contributed by atoms with Crippen molar-refractivity contribution in [1.29, 1.82) is 0 Å². The van der Waals surface area contributed by atoms with Crippen LogP contribution in [-0.2, 0) is 34.1 Å². The minimum absolute atomic E-state index is 0. The third-order valence-electron chi connectivity index (χ3n) is 3.61. The summed E-state index contributed by atoms with van der Waals surface area (Å²) in [6.45, 7) is 0. The van der Waals surface area contributed by atoms with Crippen molar-refractivity contribution in [3.63, 3.8) is 0 Å². The van der Waals surface area contributed by atoms with E-state index < -0.39 is 11.9 Å². The van der Waals surface area contributed by atoms with Gasteiger partial charge in [0.05, 0.1) is 11.9 Å². The first-order chi connectivity index (χ1) is 19.6.